The number of rotatable bonds is 14. The van der Waals surface area contributed by atoms with Gasteiger partial charge >= 0.3 is 5.97 Å². The molecule has 3 aromatic rings. The molecule has 1 aliphatic rings. The van der Waals surface area contributed by atoms with E-state index in [2.05, 4.69) is 34.7 Å². The Balaban J connectivity index is 1.55. The van der Waals surface area contributed by atoms with Gasteiger partial charge in [-0.1, -0.05) is 60.7 Å². The number of likely N-dealkylation sites (tertiary alicyclic amines) is 1. The number of amides is 1. The van der Waals surface area contributed by atoms with Gasteiger partial charge < -0.3 is 15.2 Å². The Hall–Kier alpha value is -2.78. The third-order valence-corrected chi connectivity index (χ3v) is 9.26. The molecule has 1 amide bonds. The number of carboxylic acid groups (broad SMARTS) is 1. The molecule has 4 rings (SSSR count). The van der Waals surface area contributed by atoms with Crippen LogP contribution in [0.15, 0.2) is 72.8 Å². The number of carbonyl (C=O) groups is 2. The fraction of sp³-hybridized carbons (Fsp3) is 0.394. The lowest BCUT2D eigenvalue weighted by Gasteiger charge is -2.25. The number of aryl methyl sites for hydroxylation is 1. The normalized spacial score (nSPS) is 17.8. The van der Waals surface area contributed by atoms with Crippen molar-refractivity contribution in [3.8, 4) is 11.1 Å². The van der Waals surface area contributed by atoms with Crippen LogP contribution in [0, 0.1) is 6.92 Å². The lowest BCUT2D eigenvalue weighted by atomic mass is 9.93. The summed E-state index contributed by atoms with van der Waals surface area (Å²) in [6.45, 7) is 5.04. The summed E-state index contributed by atoms with van der Waals surface area (Å²) >= 11 is 3.47. The van der Waals surface area contributed by atoms with Gasteiger partial charge in [-0.25, -0.2) is 4.79 Å². The Labute approximate surface area is 252 Å². The average molecular weight is 593 g/mol. The molecule has 0 radical (unpaired) electrons. The molecule has 1 saturated heterocycles. The quantitative estimate of drug-likeness (QED) is 0.234. The summed E-state index contributed by atoms with van der Waals surface area (Å²) in [6, 6.07) is 23.6. The molecule has 2 N–H and O–H groups in total. The number of carbonyl (C=O) groups excluding carboxylic acids is 1. The highest BCUT2D eigenvalue weighted by Crippen LogP contribution is 2.32. The van der Waals surface area contributed by atoms with Gasteiger partial charge in [-0.2, -0.15) is 23.5 Å². The van der Waals surface area contributed by atoms with Crippen LogP contribution in [0.2, 0.25) is 0 Å². The average Bonchev–Trinajstić information content (AvgIpc) is 3.37. The number of benzene rings is 3. The van der Waals surface area contributed by atoms with Crippen molar-refractivity contribution in [3.63, 3.8) is 0 Å². The number of hydrogen-bond acceptors (Lipinski definition) is 6. The van der Waals surface area contributed by atoms with Crippen LogP contribution < -0.4 is 5.32 Å². The lowest BCUT2D eigenvalue weighted by Crippen LogP contribution is -2.41. The van der Waals surface area contributed by atoms with E-state index in [1.165, 1.54) is 5.56 Å². The zero-order valence-corrected chi connectivity index (χ0v) is 25.7. The van der Waals surface area contributed by atoms with Crippen molar-refractivity contribution in [1.82, 2.24) is 10.2 Å². The van der Waals surface area contributed by atoms with E-state index in [9.17, 15) is 14.7 Å². The van der Waals surface area contributed by atoms with Crippen LogP contribution >= 0.6 is 23.5 Å². The molecule has 0 spiro atoms. The highest BCUT2D eigenvalue weighted by Gasteiger charge is 2.32. The molecule has 41 heavy (non-hydrogen) atoms. The molecule has 1 aliphatic heterocycles. The van der Waals surface area contributed by atoms with Gasteiger partial charge in [0.05, 0.1) is 13.2 Å². The third-order valence-electron chi connectivity index (χ3n) is 7.61. The second-order valence-electron chi connectivity index (χ2n) is 10.5. The van der Waals surface area contributed by atoms with Crippen molar-refractivity contribution in [2.24, 2.45) is 0 Å². The molecular formula is C33H40N2O4S2. The predicted octanol–water partition coefficient (Wildman–Crippen LogP) is 6.12. The van der Waals surface area contributed by atoms with Gasteiger partial charge in [0.2, 0.25) is 0 Å². The minimum Gasteiger partial charge on any atom is -0.480 e. The van der Waals surface area contributed by atoms with Gasteiger partial charge in [0.1, 0.15) is 6.04 Å². The molecule has 1 unspecified atom stereocenters. The van der Waals surface area contributed by atoms with Crippen molar-refractivity contribution >= 4 is 35.4 Å². The Morgan fingerprint density at radius 3 is 2.49 bits per heavy atom. The Kier molecular flexibility index (Phi) is 11.7. The molecule has 1 fully saturated rings. The Morgan fingerprint density at radius 2 is 1.78 bits per heavy atom. The predicted molar refractivity (Wildman–Crippen MR) is 171 cm³/mol. The molecule has 0 aliphatic carbocycles. The van der Waals surface area contributed by atoms with E-state index in [1.54, 1.807) is 11.8 Å². The van der Waals surface area contributed by atoms with Crippen LogP contribution in [0.3, 0.4) is 0 Å². The number of hydrogen-bond donors (Lipinski definition) is 2. The number of carboxylic acids is 1. The first-order valence-corrected chi connectivity index (χ1v) is 16.7. The van der Waals surface area contributed by atoms with Gasteiger partial charge in [0.15, 0.2) is 0 Å². The van der Waals surface area contributed by atoms with Gasteiger partial charge in [0.25, 0.3) is 5.91 Å². The van der Waals surface area contributed by atoms with E-state index in [-0.39, 0.29) is 5.91 Å². The topological polar surface area (TPSA) is 78.9 Å². The number of thioether (sulfide) groups is 2. The fourth-order valence-corrected chi connectivity index (χ4v) is 6.54. The smallest absolute Gasteiger partial charge is 0.326 e. The Morgan fingerprint density at radius 1 is 1.02 bits per heavy atom. The van der Waals surface area contributed by atoms with Crippen molar-refractivity contribution in [3.05, 3.63) is 95.1 Å². The number of nitrogens with one attached hydrogen (secondary N) is 1. The molecule has 3 aromatic carbocycles. The summed E-state index contributed by atoms with van der Waals surface area (Å²) in [5, 5.41) is 13.0. The first kappa shape index (κ1) is 31.2. The first-order valence-electron chi connectivity index (χ1n) is 14.0. The molecule has 0 bridgehead atoms. The summed E-state index contributed by atoms with van der Waals surface area (Å²) in [5.74, 6) is -0.720. The van der Waals surface area contributed by atoms with E-state index in [1.807, 2.05) is 79.5 Å². The van der Waals surface area contributed by atoms with Gasteiger partial charge in [-0.3, -0.25) is 9.69 Å². The van der Waals surface area contributed by atoms with Crippen LogP contribution in [0.25, 0.3) is 11.1 Å². The maximum Gasteiger partial charge on any atom is 0.326 e. The zero-order chi connectivity index (χ0) is 29.2. The maximum absolute atomic E-state index is 13.4. The zero-order valence-electron chi connectivity index (χ0n) is 24.0. The Bertz CT molecular complexity index is 1300. The van der Waals surface area contributed by atoms with E-state index >= 15 is 0 Å². The molecule has 6 nitrogen and oxygen atoms in total. The second-order valence-corrected chi connectivity index (χ2v) is 12.6. The molecule has 218 valence electrons. The van der Waals surface area contributed by atoms with Gasteiger partial charge in [-0.05, 0) is 78.0 Å². The van der Waals surface area contributed by atoms with Crippen LogP contribution in [0.5, 0.6) is 0 Å². The molecule has 3 atom stereocenters. The highest BCUT2D eigenvalue weighted by atomic mass is 32.2. The van der Waals surface area contributed by atoms with E-state index in [0.717, 1.165) is 41.8 Å². The number of ether oxygens (including phenoxy) is 1. The summed E-state index contributed by atoms with van der Waals surface area (Å²) in [5.41, 5.74) is 5.64. The first-order chi connectivity index (χ1) is 19.9. The van der Waals surface area contributed by atoms with Crippen LogP contribution in [-0.4, -0.2) is 70.6 Å². The van der Waals surface area contributed by atoms with Crippen molar-refractivity contribution in [1.29, 1.82) is 0 Å². The maximum atomic E-state index is 13.4. The van der Waals surface area contributed by atoms with E-state index in [0.29, 0.717) is 42.2 Å². The molecule has 0 aromatic heterocycles. The monoisotopic (exact) mass is 592 g/mol. The molecule has 1 heterocycles. The van der Waals surface area contributed by atoms with Crippen LogP contribution in [-0.2, 0) is 22.7 Å². The fourth-order valence-electron chi connectivity index (χ4n) is 5.31. The molecular weight excluding hydrogens is 553 g/mol. The van der Waals surface area contributed by atoms with Gasteiger partial charge in [0, 0.05) is 29.9 Å². The van der Waals surface area contributed by atoms with Gasteiger partial charge in [-0.15, -0.1) is 0 Å². The summed E-state index contributed by atoms with van der Waals surface area (Å²) in [7, 11) is 0. The summed E-state index contributed by atoms with van der Waals surface area (Å²) in [4.78, 5) is 27.8. The minimum atomic E-state index is -1.01. The summed E-state index contributed by atoms with van der Waals surface area (Å²) < 4.78 is 6.15. The standard InChI is InChI=1S/C33H40N2O4S2/c1-23-9-7-8-12-28(23)30-17-25(13-14-29(30)32(36)34-31(33(37)38)15-16-40-2)19-35-20-27(41-3)18-26(35)22-39-21-24-10-5-4-6-11-24/h4-14,17,26-27,31H,15-16,18-22H2,1-3H3,(H,34,36)(H,37,38)/t26-,27?,31-/m0/s1. The number of nitrogens with zero attached hydrogens (tertiary/aromatic N) is 1. The van der Waals surface area contributed by atoms with Crippen LogP contribution in [0.1, 0.15) is 39.9 Å². The van der Waals surface area contributed by atoms with Crippen LogP contribution in [0.4, 0.5) is 0 Å². The largest absolute Gasteiger partial charge is 0.480 e. The highest BCUT2D eigenvalue weighted by molar-refractivity contribution is 7.99. The number of aliphatic carboxylic acids is 1. The second kappa shape index (κ2) is 15.4. The lowest BCUT2D eigenvalue weighted by molar-refractivity contribution is -0.139. The molecule has 8 heteroatoms. The minimum absolute atomic E-state index is 0.314. The SMILES string of the molecule is CSCC[C@H](NC(=O)c1ccc(CN2CC(SC)C[C@H]2COCc2ccccc2)cc1-c1ccccc1C)C(=O)O. The summed E-state index contributed by atoms with van der Waals surface area (Å²) in [6.07, 6.45) is 5.55. The van der Waals surface area contributed by atoms with E-state index in [4.69, 9.17) is 4.74 Å². The third kappa shape index (κ3) is 8.61. The van der Waals surface area contributed by atoms with Crippen molar-refractivity contribution in [2.45, 2.75) is 50.3 Å². The molecule has 0 saturated carbocycles. The van der Waals surface area contributed by atoms with Crippen molar-refractivity contribution in [2.75, 3.05) is 31.4 Å². The van der Waals surface area contributed by atoms with Crippen molar-refractivity contribution < 1.29 is 19.4 Å². The van der Waals surface area contributed by atoms with E-state index < -0.39 is 12.0 Å².